The number of nitrogens with one attached hydrogen (secondary N) is 1. The van der Waals surface area contributed by atoms with E-state index in [1.165, 1.54) is 0 Å². The number of amides is 1. The third-order valence-corrected chi connectivity index (χ3v) is 3.68. The predicted octanol–water partition coefficient (Wildman–Crippen LogP) is 0.404. The van der Waals surface area contributed by atoms with Gasteiger partial charge in [-0.2, -0.15) is 0 Å². The highest BCUT2D eigenvalue weighted by atomic mass is 16.5. The quantitative estimate of drug-likeness (QED) is 0.769. The molecular formula is C15H24N4O2. The van der Waals surface area contributed by atoms with Crippen molar-refractivity contribution in [1.29, 1.82) is 0 Å². The number of hydrogen-bond donors (Lipinski definition) is 1. The summed E-state index contributed by atoms with van der Waals surface area (Å²) < 4.78 is 5.00. The second kappa shape index (κ2) is 7.38. The van der Waals surface area contributed by atoms with Crippen molar-refractivity contribution in [2.45, 2.75) is 13.5 Å². The topological polar surface area (TPSA) is 57.7 Å². The monoisotopic (exact) mass is 292 g/mol. The molecule has 0 radical (unpaired) electrons. The highest BCUT2D eigenvalue weighted by molar-refractivity contribution is 5.82. The van der Waals surface area contributed by atoms with Gasteiger partial charge in [-0.25, -0.2) is 4.98 Å². The number of carbonyl (C=O) groups is 1. The lowest BCUT2D eigenvalue weighted by Gasteiger charge is -2.33. The first kappa shape index (κ1) is 15.7. The molecule has 116 valence electrons. The predicted molar refractivity (Wildman–Crippen MR) is 82.4 cm³/mol. The Labute approximate surface area is 126 Å². The number of ether oxygens (including phenoxy) is 1. The Bertz CT molecular complexity index is 493. The average Bonchev–Trinajstić information content (AvgIpc) is 2.47. The number of nitrogens with zero attached hydrogens (tertiary/aromatic N) is 3. The molecule has 0 spiro atoms. The zero-order chi connectivity index (χ0) is 15.2. The summed E-state index contributed by atoms with van der Waals surface area (Å²) in [6.45, 7) is 6.35. The molecule has 1 amide bonds. The van der Waals surface area contributed by atoms with E-state index in [0.29, 0.717) is 13.2 Å². The normalized spacial score (nSPS) is 15.7. The molecule has 1 aromatic rings. The molecule has 1 fully saturated rings. The molecular weight excluding hydrogens is 268 g/mol. The van der Waals surface area contributed by atoms with Gasteiger partial charge in [-0.1, -0.05) is 0 Å². The van der Waals surface area contributed by atoms with Crippen LogP contribution in [0.3, 0.4) is 0 Å². The number of piperazine rings is 1. The highest BCUT2D eigenvalue weighted by Gasteiger charge is 2.22. The van der Waals surface area contributed by atoms with Gasteiger partial charge in [-0.15, -0.1) is 0 Å². The summed E-state index contributed by atoms with van der Waals surface area (Å²) in [6, 6.07) is 2.13. The van der Waals surface area contributed by atoms with E-state index >= 15 is 0 Å². The Kier molecular flexibility index (Phi) is 5.52. The first-order chi connectivity index (χ1) is 10.1. The highest BCUT2D eigenvalue weighted by Crippen LogP contribution is 2.19. The fourth-order valence-electron chi connectivity index (χ4n) is 2.40. The van der Waals surface area contributed by atoms with Crippen LogP contribution in [0, 0.1) is 6.92 Å². The Morgan fingerprint density at radius 3 is 2.90 bits per heavy atom. The van der Waals surface area contributed by atoms with E-state index in [2.05, 4.69) is 21.3 Å². The molecule has 0 atom stereocenters. The number of anilines is 1. The molecule has 1 saturated heterocycles. The van der Waals surface area contributed by atoms with Gasteiger partial charge in [0.2, 0.25) is 5.91 Å². The van der Waals surface area contributed by atoms with Gasteiger partial charge in [0.1, 0.15) is 5.82 Å². The van der Waals surface area contributed by atoms with Gasteiger partial charge in [0.25, 0.3) is 0 Å². The maximum atomic E-state index is 11.8. The minimum Gasteiger partial charge on any atom is -0.383 e. The van der Waals surface area contributed by atoms with Gasteiger partial charge in [-0.3, -0.25) is 4.79 Å². The first-order valence-electron chi connectivity index (χ1n) is 7.26. The summed E-state index contributed by atoms with van der Waals surface area (Å²) in [5, 5.41) is 3.30. The van der Waals surface area contributed by atoms with Crippen molar-refractivity contribution in [3.63, 3.8) is 0 Å². The van der Waals surface area contributed by atoms with Gasteiger partial charge in [-0.05, 0) is 24.1 Å². The van der Waals surface area contributed by atoms with Crippen molar-refractivity contribution in [3.05, 3.63) is 23.4 Å². The molecule has 1 N–H and O–H groups in total. The zero-order valence-corrected chi connectivity index (χ0v) is 13.1. The van der Waals surface area contributed by atoms with E-state index in [1.54, 1.807) is 12.0 Å². The number of carbonyl (C=O) groups excluding carboxylic acids is 1. The summed E-state index contributed by atoms with van der Waals surface area (Å²) in [4.78, 5) is 20.2. The Morgan fingerprint density at radius 1 is 1.43 bits per heavy atom. The summed E-state index contributed by atoms with van der Waals surface area (Å²) in [6.07, 6.45) is 1.88. The van der Waals surface area contributed by atoms with Crippen LogP contribution in [0.25, 0.3) is 0 Å². The fraction of sp³-hybridized carbons (Fsp3) is 0.600. The van der Waals surface area contributed by atoms with Gasteiger partial charge < -0.3 is 19.9 Å². The molecule has 1 aliphatic rings. The lowest BCUT2D eigenvalue weighted by Crippen LogP contribution is -2.49. The number of aromatic nitrogens is 1. The molecule has 6 heteroatoms. The van der Waals surface area contributed by atoms with Crippen molar-refractivity contribution < 1.29 is 9.53 Å². The average molecular weight is 292 g/mol. The van der Waals surface area contributed by atoms with Gasteiger partial charge in [0.05, 0.1) is 13.2 Å². The van der Waals surface area contributed by atoms with Crippen LogP contribution < -0.4 is 10.2 Å². The number of hydrogen-bond acceptors (Lipinski definition) is 5. The molecule has 0 saturated carbocycles. The molecule has 0 aliphatic carbocycles. The summed E-state index contributed by atoms with van der Waals surface area (Å²) >= 11 is 0. The van der Waals surface area contributed by atoms with Crippen molar-refractivity contribution >= 4 is 11.7 Å². The number of likely N-dealkylation sites (N-methyl/N-ethyl adjacent to an activating group) is 1. The van der Waals surface area contributed by atoms with Crippen LogP contribution in [0.15, 0.2) is 12.3 Å². The van der Waals surface area contributed by atoms with Crippen LogP contribution in [-0.4, -0.2) is 62.7 Å². The molecule has 0 bridgehead atoms. The Hall–Kier alpha value is -1.66. The largest absolute Gasteiger partial charge is 0.383 e. The third-order valence-electron chi connectivity index (χ3n) is 3.68. The molecule has 2 heterocycles. The van der Waals surface area contributed by atoms with Gasteiger partial charge in [0, 0.05) is 46.5 Å². The van der Waals surface area contributed by atoms with Gasteiger partial charge in [0.15, 0.2) is 0 Å². The van der Waals surface area contributed by atoms with Crippen molar-refractivity contribution in [1.82, 2.24) is 15.2 Å². The number of methoxy groups -OCH3 is 1. The minimum atomic E-state index is 0.146. The van der Waals surface area contributed by atoms with Crippen molar-refractivity contribution in [2.24, 2.45) is 0 Å². The number of pyridine rings is 1. The summed E-state index contributed by atoms with van der Waals surface area (Å²) in [5.41, 5.74) is 2.26. The van der Waals surface area contributed by atoms with Crippen molar-refractivity contribution in [2.75, 3.05) is 51.8 Å². The maximum Gasteiger partial charge on any atom is 0.241 e. The lowest BCUT2D eigenvalue weighted by atomic mass is 10.2. The SMILES string of the molecule is COCCNCc1cnc(N2CCN(C)C(=O)C2)c(C)c1. The van der Waals surface area contributed by atoms with Crippen LogP contribution in [-0.2, 0) is 16.1 Å². The van der Waals surface area contributed by atoms with E-state index < -0.39 is 0 Å². The van der Waals surface area contributed by atoms with E-state index in [0.717, 1.165) is 43.1 Å². The number of rotatable bonds is 6. The van der Waals surface area contributed by atoms with Crippen LogP contribution in [0.4, 0.5) is 5.82 Å². The first-order valence-corrected chi connectivity index (χ1v) is 7.26. The van der Waals surface area contributed by atoms with E-state index in [4.69, 9.17) is 4.74 Å². The third kappa shape index (κ3) is 4.15. The van der Waals surface area contributed by atoms with E-state index in [1.807, 2.05) is 20.2 Å². The summed E-state index contributed by atoms with van der Waals surface area (Å²) in [5.74, 6) is 1.06. The molecule has 0 unspecified atom stereocenters. The van der Waals surface area contributed by atoms with Crippen LogP contribution >= 0.6 is 0 Å². The second-order valence-electron chi connectivity index (χ2n) is 5.39. The van der Waals surface area contributed by atoms with Crippen LogP contribution in [0.2, 0.25) is 0 Å². The Morgan fingerprint density at radius 2 is 2.24 bits per heavy atom. The lowest BCUT2D eigenvalue weighted by molar-refractivity contribution is -0.129. The van der Waals surface area contributed by atoms with E-state index in [9.17, 15) is 4.79 Å². The smallest absolute Gasteiger partial charge is 0.241 e. The molecule has 2 rings (SSSR count). The van der Waals surface area contributed by atoms with Crippen LogP contribution in [0.5, 0.6) is 0 Å². The molecule has 0 aromatic carbocycles. The molecule has 1 aliphatic heterocycles. The second-order valence-corrected chi connectivity index (χ2v) is 5.39. The fourth-order valence-corrected chi connectivity index (χ4v) is 2.40. The molecule has 21 heavy (non-hydrogen) atoms. The maximum absolute atomic E-state index is 11.8. The van der Waals surface area contributed by atoms with Gasteiger partial charge >= 0.3 is 0 Å². The molecule has 6 nitrogen and oxygen atoms in total. The number of aryl methyl sites for hydroxylation is 1. The standard InChI is InChI=1S/C15H24N4O2/c1-12-8-13(9-16-4-7-21-3)10-17-15(12)19-6-5-18(2)14(20)11-19/h8,10,16H,4-7,9,11H2,1-3H3. The Balaban J connectivity index is 1.97. The minimum absolute atomic E-state index is 0.146. The van der Waals surface area contributed by atoms with Crippen LogP contribution in [0.1, 0.15) is 11.1 Å². The summed E-state index contributed by atoms with van der Waals surface area (Å²) in [7, 11) is 3.54. The van der Waals surface area contributed by atoms with E-state index in [-0.39, 0.29) is 5.91 Å². The van der Waals surface area contributed by atoms with Crippen molar-refractivity contribution in [3.8, 4) is 0 Å². The molecule has 1 aromatic heterocycles. The zero-order valence-electron chi connectivity index (χ0n) is 13.1.